The van der Waals surface area contributed by atoms with Gasteiger partial charge in [-0.05, 0) is 72.3 Å². The minimum atomic E-state index is -0.129. The molecule has 0 saturated carbocycles. The lowest BCUT2D eigenvalue weighted by atomic mass is 9.80. The van der Waals surface area contributed by atoms with Gasteiger partial charge in [0.2, 0.25) is 0 Å². The van der Waals surface area contributed by atoms with E-state index >= 15 is 0 Å². The lowest BCUT2D eigenvalue weighted by Gasteiger charge is -2.46. The summed E-state index contributed by atoms with van der Waals surface area (Å²) < 4.78 is 0. The number of nitrogens with zero attached hydrogens (tertiary/aromatic N) is 1. The summed E-state index contributed by atoms with van der Waals surface area (Å²) in [6.07, 6.45) is 1.84. The number of anilines is 1. The van der Waals surface area contributed by atoms with Crippen molar-refractivity contribution in [1.29, 1.82) is 0 Å². The van der Waals surface area contributed by atoms with Gasteiger partial charge in [0.15, 0.2) is 0 Å². The number of piperidine rings is 1. The molecule has 134 valence electrons. The molecule has 1 aromatic carbocycles. The number of carbonyl (C=O) groups excluding carboxylic acids is 1. The van der Waals surface area contributed by atoms with Crippen LogP contribution in [0.1, 0.15) is 46.1 Å². The smallest absolute Gasteiger partial charge is 0.319 e. The number of hydrogen-bond donors (Lipinski definition) is 3. The minimum absolute atomic E-state index is 0.0192. The van der Waals surface area contributed by atoms with Crippen LogP contribution in [0.5, 0.6) is 0 Å². The molecule has 2 amide bonds. The molecule has 2 rings (SSSR count). The number of amides is 2. The van der Waals surface area contributed by atoms with Gasteiger partial charge in [-0.2, -0.15) is 0 Å². The van der Waals surface area contributed by atoms with E-state index in [4.69, 9.17) is 0 Å². The monoisotopic (exact) mass is 332 g/mol. The Labute approximate surface area is 146 Å². The van der Waals surface area contributed by atoms with E-state index in [-0.39, 0.29) is 23.2 Å². The number of nitrogens with one attached hydrogen (secondary N) is 3. The first kappa shape index (κ1) is 18.7. The molecule has 1 aliphatic heterocycles. The van der Waals surface area contributed by atoms with E-state index < -0.39 is 0 Å². The van der Waals surface area contributed by atoms with Crippen LogP contribution in [0.2, 0.25) is 0 Å². The zero-order valence-electron chi connectivity index (χ0n) is 15.9. The predicted molar refractivity (Wildman–Crippen MR) is 100 cm³/mol. The van der Waals surface area contributed by atoms with Crippen LogP contribution in [0.3, 0.4) is 0 Å². The Morgan fingerprint density at radius 1 is 1.21 bits per heavy atom. The molecule has 0 aliphatic carbocycles. The molecule has 0 radical (unpaired) electrons. The SMILES string of the molecule is CN(C)Cc1cccc(NC(=O)NC2CC(C)(C)NC(C)(C)C2)c1. The van der Waals surface area contributed by atoms with Crippen molar-refractivity contribution in [3.63, 3.8) is 0 Å². The van der Waals surface area contributed by atoms with Crippen molar-refractivity contribution in [3.05, 3.63) is 29.8 Å². The number of rotatable bonds is 4. The predicted octanol–water partition coefficient (Wildman–Crippen LogP) is 3.18. The standard InChI is InChI=1S/C19H32N4O/c1-18(2)11-16(12-19(3,4)22-18)21-17(24)20-15-9-7-8-14(10-15)13-23(5)6/h7-10,16,22H,11-13H2,1-6H3,(H2,20,21,24). The second kappa shape index (κ2) is 7.11. The lowest BCUT2D eigenvalue weighted by Crippen LogP contribution is -2.62. The molecule has 0 aromatic heterocycles. The fraction of sp³-hybridized carbons (Fsp3) is 0.632. The summed E-state index contributed by atoms with van der Waals surface area (Å²) in [6.45, 7) is 9.60. The highest BCUT2D eigenvalue weighted by Gasteiger charge is 2.38. The zero-order chi connectivity index (χ0) is 18.0. The molecule has 0 spiro atoms. The Morgan fingerprint density at radius 3 is 2.42 bits per heavy atom. The van der Waals surface area contributed by atoms with Crippen molar-refractivity contribution in [1.82, 2.24) is 15.5 Å². The van der Waals surface area contributed by atoms with Crippen molar-refractivity contribution >= 4 is 11.7 Å². The second-order valence-corrected chi connectivity index (χ2v) is 8.53. The Kier molecular flexibility index (Phi) is 5.56. The number of carbonyl (C=O) groups is 1. The molecule has 5 nitrogen and oxygen atoms in total. The average Bonchev–Trinajstić information content (AvgIpc) is 2.33. The highest BCUT2D eigenvalue weighted by atomic mass is 16.2. The molecule has 1 fully saturated rings. The third kappa shape index (κ3) is 5.80. The lowest BCUT2D eigenvalue weighted by molar-refractivity contribution is 0.149. The van der Waals surface area contributed by atoms with E-state index in [0.29, 0.717) is 0 Å². The second-order valence-electron chi connectivity index (χ2n) is 8.53. The van der Waals surface area contributed by atoms with Crippen LogP contribution in [0.15, 0.2) is 24.3 Å². The maximum absolute atomic E-state index is 12.4. The van der Waals surface area contributed by atoms with Gasteiger partial charge >= 0.3 is 6.03 Å². The molecule has 5 heteroatoms. The minimum Gasteiger partial charge on any atom is -0.335 e. The Balaban J connectivity index is 1.96. The van der Waals surface area contributed by atoms with Gasteiger partial charge in [0.25, 0.3) is 0 Å². The maximum Gasteiger partial charge on any atom is 0.319 e. The van der Waals surface area contributed by atoms with Gasteiger partial charge in [-0.3, -0.25) is 0 Å². The molecule has 1 aromatic rings. The van der Waals surface area contributed by atoms with Crippen molar-refractivity contribution in [2.24, 2.45) is 0 Å². The first-order chi connectivity index (χ1) is 11.0. The molecule has 1 aliphatic rings. The third-order valence-electron chi connectivity index (χ3n) is 4.21. The molecular formula is C19H32N4O. The Hall–Kier alpha value is -1.59. The molecule has 0 bridgehead atoms. The number of hydrogen-bond acceptors (Lipinski definition) is 3. The van der Waals surface area contributed by atoms with Gasteiger partial charge < -0.3 is 20.9 Å². The normalized spacial score (nSPS) is 20.0. The summed E-state index contributed by atoms with van der Waals surface area (Å²) in [7, 11) is 4.07. The maximum atomic E-state index is 12.4. The molecule has 24 heavy (non-hydrogen) atoms. The highest BCUT2D eigenvalue weighted by molar-refractivity contribution is 5.89. The number of benzene rings is 1. The van der Waals surface area contributed by atoms with Crippen molar-refractivity contribution in [3.8, 4) is 0 Å². The molecular weight excluding hydrogens is 300 g/mol. The van der Waals surface area contributed by atoms with Crippen molar-refractivity contribution in [2.75, 3.05) is 19.4 Å². The van der Waals surface area contributed by atoms with Gasteiger partial charge in [-0.15, -0.1) is 0 Å². The molecule has 0 unspecified atom stereocenters. The summed E-state index contributed by atoms with van der Waals surface area (Å²) in [5.41, 5.74) is 2.05. The van der Waals surface area contributed by atoms with Crippen LogP contribution in [0, 0.1) is 0 Å². The summed E-state index contributed by atoms with van der Waals surface area (Å²) in [4.78, 5) is 14.5. The fourth-order valence-electron chi connectivity index (χ4n) is 3.89. The fourth-order valence-corrected chi connectivity index (χ4v) is 3.89. The summed E-state index contributed by atoms with van der Waals surface area (Å²) >= 11 is 0. The largest absolute Gasteiger partial charge is 0.335 e. The summed E-state index contributed by atoms with van der Waals surface area (Å²) in [5.74, 6) is 0. The van der Waals surface area contributed by atoms with Crippen molar-refractivity contribution in [2.45, 2.75) is 64.2 Å². The van der Waals surface area contributed by atoms with Crippen molar-refractivity contribution < 1.29 is 4.79 Å². The number of urea groups is 1. The van der Waals surface area contributed by atoms with Crippen LogP contribution in [0.25, 0.3) is 0 Å². The summed E-state index contributed by atoms with van der Waals surface area (Å²) in [5, 5.41) is 9.74. The van der Waals surface area contributed by atoms with E-state index in [1.807, 2.05) is 32.3 Å². The Morgan fingerprint density at radius 2 is 1.83 bits per heavy atom. The summed E-state index contributed by atoms with van der Waals surface area (Å²) in [6, 6.07) is 8.04. The van der Waals surface area contributed by atoms with Gasteiger partial charge in [0.1, 0.15) is 0 Å². The van der Waals surface area contributed by atoms with Crippen LogP contribution in [0.4, 0.5) is 10.5 Å². The quantitative estimate of drug-likeness (QED) is 0.794. The third-order valence-corrected chi connectivity index (χ3v) is 4.21. The van der Waals surface area contributed by atoms with Crippen LogP contribution in [-0.4, -0.2) is 42.1 Å². The Bertz CT molecular complexity index is 564. The molecule has 3 N–H and O–H groups in total. The first-order valence-electron chi connectivity index (χ1n) is 8.65. The van der Waals surface area contributed by atoms with Crippen LogP contribution < -0.4 is 16.0 Å². The van der Waals surface area contributed by atoms with E-state index in [0.717, 1.165) is 25.1 Å². The van der Waals surface area contributed by atoms with Gasteiger partial charge in [0.05, 0.1) is 0 Å². The van der Waals surface area contributed by atoms with E-state index in [9.17, 15) is 4.79 Å². The average molecular weight is 332 g/mol. The first-order valence-corrected chi connectivity index (χ1v) is 8.65. The van der Waals surface area contributed by atoms with Gasteiger partial charge in [-0.1, -0.05) is 12.1 Å². The van der Waals surface area contributed by atoms with Gasteiger partial charge in [-0.25, -0.2) is 4.79 Å². The molecule has 1 saturated heterocycles. The van der Waals surface area contributed by atoms with Crippen LogP contribution >= 0.6 is 0 Å². The molecule has 1 heterocycles. The zero-order valence-corrected chi connectivity index (χ0v) is 15.9. The van der Waals surface area contributed by atoms with Crippen LogP contribution in [-0.2, 0) is 6.54 Å². The van der Waals surface area contributed by atoms with Gasteiger partial charge in [0, 0.05) is 29.4 Å². The topological polar surface area (TPSA) is 56.4 Å². The molecule has 0 atom stereocenters. The highest BCUT2D eigenvalue weighted by Crippen LogP contribution is 2.28. The van der Waals surface area contributed by atoms with E-state index in [1.165, 1.54) is 5.56 Å². The van der Waals surface area contributed by atoms with E-state index in [2.05, 4.69) is 54.6 Å². The van der Waals surface area contributed by atoms with E-state index in [1.54, 1.807) is 0 Å².